The van der Waals surface area contributed by atoms with Crippen molar-refractivity contribution in [2.75, 3.05) is 0 Å². The van der Waals surface area contributed by atoms with Gasteiger partial charge in [0.2, 0.25) is 0 Å². The van der Waals surface area contributed by atoms with Crippen LogP contribution in [0.2, 0.25) is 0 Å². The summed E-state index contributed by atoms with van der Waals surface area (Å²) in [5.41, 5.74) is 14.7. The van der Waals surface area contributed by atoms with Gasteiger partial charge < -0.3 is 0 Å². The number of fused-ring (bicyclic) bond motifs is 3. The zero-order valence-electron chi connectivity index (χ0n) is 36.8. The minimum Gasteiger partial charge on any atom is -0.212 e. The maximum atomic E-state index is 5.10. The van der Waals surface area contributed by atoms with Gasteiger partial charge in [0.05, 0.1) is 0 Å². The fourth-order valence-electron chi connectivity index (χ4n) is 9.17. The predicted molar refractivity (Wildman–Crippen MR) is 267 cm³/mol. The molecule has 9 aromatic rings. The molecule has 0 saturated carbocycles. The van der Waals surface area contributed by atoms with Crippen molar-refractivity contribution in [1.29, 1.82) is 0 Å². The van der Waals surface area contributed by atoms with Gasteiger partial charge in [0.1, 0.15) is 5.82 Å². The Morgan fingerprint density at radius 1 is 0.446 bits per heavy atom. The third-order valence-corrected chi connectivity index (χ3v) is 14.1. The Morgan fingerprint density at radius 2 is 0.908 bits per heavy atom. The van der Waals surface area contributed by atoms with Gasteiger partial charge in [-0.05, 0) is 109 Å². The fourth-order valence-corrected chi connectivity index (χ4v) is 10.3. The summed E-state index contributed by atoms with van der Waals surface area (Å²) in [5, 5.41) is 1.33. The molecule has 0 amide bonds. The summed E-state index contributed by atoms with van der Waals surface area (Å²) in [5.74, 6) is 4.61. The molecule has 3 heterocycles. The van der Waals surface area contributed by atoms with Crippen molar-refractivity contribution >= 4 is 27.5 Å². The van der Waals surface area contributed by atoms with Crippen LogP contribution in [0.1, 0.15) is 50.9 Å². The van der Waals surface area contributed by atoms with Crippen molar-refractivity contribution in [3.63, 3.8) is 0 Å². The maximum absolute atomic E-state index is 5.10. The smallest absolute Gasteiger partial charge is 0.164 e. The van der Waals surface area contributed by atoms with E-state index in [1.807, 2.05) is 35.6 Å². The molecule has 2 aliphatic rings. The largest absolute Gasteiger partial charge is 0.212 e. The first-order valence-electron chi connectivity index (χ1n) is 22.3. The summed E-state index contributed by atoms with van der Waals surface area (Å²) in [4.78, 5) is 31.6. The van der Waals surface area contributed by atoms with Crippen molar-refractivity contribution in [3.8, 4) is 68.1 Å². The number of hydrogen-bond acceptors (Lipinski definition) is 7. The van der Waals surface area contributed by atoms with E-state index in [1.165, 1.54) is 31.7 Å². The first kappa shape index (κ1) is 40.3. The minimum atomic E-state index is 0.0571. The number of nitrogens with zero attached hydrogens (tertiary/aromatic N) is 6. The van der Waals surface area contributed by atoms with Gasteiger partial charge >= 0.3 is 0 Å². The number of rotatable bonds is 8. The van der Waals surface area contributed by atoms with Crippen molar-refractivity contribution < 1.29 is 0 Å². The molecule has 314 valence electrons. The molecular weight excluding hydrogens is 813 g/mol. The number of hydrogen-bond donors (Lipinski definition) is 0. The second kappa shape index (κ2) is 16.9. The molecule has 0 saturated heterocycles. The lowest BCUT2D eigenvalue weighted by Gasteiger charge is -2.23. The van der Waals surface area contributed by atoms with Crippen LogP contribution in [-0.2, 0) is 6.42 Å². The third kappa shape index (κ3) is 7.83. The van der Waals surface area contributed by atoms with E-state index < -0.39 is 0 Å². The van der Waals surface area contributed by atoms with Gasteiger partial charge in [-0.3, -0.25) is 0 Å². The summed E-state index contributed by atoms with van der Waals surface area (Å²) < 4.78 is 1.32. The normalized spacial score (nSPS) is 15.5. The maximum Gasteiger partial charge on any atom is 0.164 e. The molecule has 0 fully saturated rings. The average Bonchev–Trinajstić information content (AvgIpc) is 3.72. The summed E-state index contributed by atoms with van der Waals surface area (Å²) in [6.45, 7) is 8.43. The van der Waals surface area contributed by atoms with Crippen LogP contribution in [0.5, 0.6) is 0 Å². The second-order valence-electron chi connectivity index (χ2n) is 17.2. The zero-order chi connectivity index (χ0) is 44.0. The van der Waals surface area contributed by atoms with Gasteiger partial charge in [0.15, 0.2) is 29.1 Å². The lowest BCUT2D eigenvalue weighted by atomic mass is 9.82. The minimum absolute atomic E-state index is 0.0571. The highest BCUT2D eigenvalue weighted by Crippen LogP contribution is 2.42. The number of aromatic nitrogens is 6. The number of thiophene rings is 1. The van der Waals surface area contributed by atoms with Gasteiger partial charge in [0, 0.05) is 49.2 Å². The van der Waals surface area contributed by atoms with Gasteiger partial charge in [0.25, 0.3) is 0 Å². The van der Waals surface area contributed by atoms with E-state index in [4.69, 9.17) is 29.9 Å². The lowest BCUT2D eigenvalue weighted by Crippen LogP contribution is -2.12. The number of aryl methyl sites for hydroxylation is 4. The van der Waals surface area contributed by atoms with Crippen molar-refractivity contribution in [3.05, 3.63) is 208 Å². The van der Waals surface area contributed by atoms with Crippen LogP contribution in [0.25, 0.3) is 84.2 Å². The Balaban J connectivity index is 0.855. The molecule has 0 bridgehead atoms. The molecule has 6 nitrogen and oxygen atoms in total. The second-order valence-corrected chi connectivity index (χ2v) is 18.3. The molecule has 2 aliphatic carbocycles. The summed E-state index contributed by atoms with van der Waals surface area (Å²) in [6, 6.07) is 48.8. The van der Waals surface area contributed by atoms with Crippen molar-refractivity contribution in [2.24, 2.45) is 5.92 Å². The predicted octanol–water partition coefficient (Wildman–Crippen LogP) is 14.4. The van der Waals surface area contributed by atoms with Gasteiger partial charge in [-0.2, -0.15) is 0 Å². The Kier molecular flexibility index (Phi) is 10.5. The number of allylic oxidation sites excluding steroid dienone is 5. The highest BCUT2D eigenvalue weighted by atomic mass is 32.1. The number of benzene rings is 6. The van der Waals surface area contributed by atoms with E-state index in [2.05, 4.69) is 173 Å². The van der Waals surface area contributed by atoms with E-state index in [9.17, 15) is 0 Å². The summed E-state index contributed by atoms with van der Waals surface area (Å²) >= 11 is 1.88. The molecule has 7 heteroatoms. The third-order valence-electron chi connectivity index (χ3n) is 12.9. The molecule has 2 unspecified atom stereocenters. The van der Waals surface area contributed by atoms with Crippen LogP contribution in [0.3, 0.4) is 0 Å². The van der Waals surface area contributed by atoms with Crippen LogP contribution < -0.4 is 0 Å². The van der Waals surface area contributed by atoms with Crippen molar-refractivity contribution in [1.82, 2.24) is 29.9 Å². The molecule has 11 rings (SSSR count). The SMILES string of the molecule is Cc1ccccc1-c1nc(-c2ccc(-c3ccc4sc5c(c4c3)CC(C3=CCC(c4nc(-c6ccccc6C)nc(-c6ccccc6C)n4)C=C3)C=C5)cc2)nc(-c2ccccc2C)n1. The molecule has 0 N–H and O–H groups in total. The van der Waals surface area contributed by atoms with Gasteiger partial charge in [-0.1, -0.05) is 152 Å². The lowest BCUT2D eigenvalue weighted by molar-refractivity contribution is 0.717. The highest BCUT2D eigenvalue weighted by molar-refractivity contribution is 7.20. The van der Waals surface area contributed by atoms with Crippen LogP contribution in [-0.4, -0.2) is 29.9 Å². The first-order chi connectivity index (χ1) is 31.8. The molecule has 0 radical (unpaired) electrons. The van der Waals surface area contributed by atoms with Gasteiger partial charge in [-0.25, -0.2) is 29.9 Å². The van der Waals surface area contributed by atoms with Gasteiger partial charge in [-0.15, -0.1) is 11.3 Å². The van der Waals surface area contributed by atoms with E-state index in [-0.39, 0.29) is 5.92 Å². The standard InChI is InChI=1S/C58H46N6S/c1-35-13-5-9-17-45(35)55-59-53(60-56(63-55)46-18-10-6-14-36(46)2)41-25-21-39(22-26-41)43-29-31-51-49(33-43)50-34-44(30-32-52(50)65-51)40-23-27-42(28-24-40)54-61-57(47-19-11-7-15-37(47)3)64-58(62-54)48-20-12-8-16-38(48)4/h5-27,29-33,42,44H,28,34H2,1-4H3. The molecule has 3 aromatic heterocycles. The van der Waals surface area contributed by atoms with Crippen LogP contribution in [0.15, 0.2) is 169 Å². The van der Waals surface area contributed by atoms with Crippen LogP contribution >= 0.6 is 11.3 Å². The van der Waals surface area contributed by atoms with Crippen molar-refractivity contribution in [2.45, 2.75) is 46.5 Å². The van der Waals surface area contributed by atoms with Crippen LogP contribution in [0.4, 0.5) is 0 Å². The van der Waals surface area contributed by atoms with Crippen LogP contribution in [0, 0.1) is 33.6 Å². The summed E-state index contributed by atoms with van der Waals surface area (Å²) in [7, 11) is 0. The van der Waals surface area contributed by atoms with E-state index >= 15 is 0 Å². The Hall–Kier alpha value is -7.48. The molecule has 6 aromatic carbocycles. The quantitative estimate of drug-likeness (QED) is 0.151. The molecular formula is C58H46N6S. The molecule has 0 aliphatic heterocycles. The van der Waals surface area contributed by atoms with E-state index in [1.54, 1.807) is 0 Å². The fraction of sp³-hybridized carbons (Fsp3) is 0.138. The topological polar surface area (TPSA) is 77.3 Å². The Bertz CT molecular complexity index is 3270. The Labute approximate surface area is 383 Å². The molecule has 0 spiro atoms. The highest BCUT2D eigenvalue weighted by Gasteiger charge is 2.25. The molecule has 2 atom stereocenters. The zero-order valence-corrected chi connectivity index (χ0v) is 37.6. The molecule has 65 heavy (non-hydrogen) atoms. The van der Waals surface area contributed by atoms with E-state index in [0.29, 0.717) is 23.4 Å². The van der Waals surface area contributed by atoms with E-state index in [0.717, 1.165) is 85.9 Å². The average molecular weight is 859 g/mol. The summed E-state index contributed by atoms with van der Waals surface area (Å²) in [6.07, 6.45) is 13.5. The Morgan fingerprint density at radius 3 is 1.42 bits per heavy atom. The monoisotopic (exact) mass is 858 g/mol. The first-order valence-corrected chi connectivity index (χ1v) is 23.1.